The van der Waals surface area contributed by atoms with Crippen LogP contribution in [0.25, 0.3) is 0 Å². The summed E-state index contributed by atoms with van der Waals surface area (Å²) in [7, 11) is 0. The number of Topliss-reactive ketones (excluding diaryl/α,β-unsaturated/α-hetero) is 1. The highest BCUT2D eigenvalue weighted by molar-refractivity contribution is 5.85. The Hall–Kier alpha value is -1.84. The minimum absolute atomic E-state index is 0.0353. The van der Waals surface area contributed by atoms with Crippen LogP contribution < -0.4 is 10.1 Å². The maximum atomic E-state index is 12.6. The van der Waals surface area contributed by atoms with Crippen LogP contribution in [0.5, 0.6) is 5.75 Å². The van der Waals surface area contributed by atoms with E-state index in [-0.39, 0.29) is 29.6 Å². The van der Waals surface area contributed by atoms with E-state index in [9.17, 15) is 9.59 Å². The lowest BCUT2D eigenvalue weighted by atomic mass is 9.79. The molecular weight excluding hydrogens is 290 g/mol. The highest BCUT2D eigenvalue weighted by atomic mass is 16.5. The van der Waals surface area contributed by atoms with E-state index < -0.39 is 0 Å². The average molecular weight is 315 g/mol. The van der Waals surface area contributed by atoms with Crippen molar-refractivity contribution in [3.8, 4) is 5.75 Å². The minimum atomic E-state index is -0.0353. The molecule has 1 N–H and O–H groups in total. The summed E-state index contributed by atoms with van der Waals surface area (Å²) < 4.78 is 5.70. The fourth-order valence-corrected chi connectivity index (χ4v) is 3.93. The number of fused-ring (bicyclic) bond motifs is 1. The molecule has 2 aliphatic rings. The molecule has 2 aliphatic carbocycles. The van der Waals surface area contributed by atoms with Crippen molar-refractivity contribution in [2.45, 2.75) is 52.0 Å². The van der Waals surface area contributed by atoms with E-state index in [0.717, 1.165) is 18.6 Å². The largest absolute Gasteiger partial charge is 0.494 e. The van der Waals surface area contributed by atoms with Gasteiger partial charge in [-0.05, 0) is 49.3 Å². The van der Waals surface area contributed by atoms with Crippen LogP contribution in [-0.4, -0.2) is 18.3 Å². The van der Waals surface area contributed by atoms with Crippen LogP contribution in [0.4, 0.5) is 0 Å². The number of amides is 1. The topological polar surface area (TPSA) is 55.4 Å². The number of hydrogen-bond donors (Lipinski definition) is 1. The number of hydrogen-bond acceptors (Lipinski definition) is 3. The van der Waals surface area contributed by atoms with Gasteiger partial charge in [-0.15, -0.1) is 0 Å². The molecule has 0 radical (unpaired) electrons. The molecule has 4 nitrogen and oxygen atoms in total. The number of ketones is 1. The summed E-state index contributed by atoms with van der Waals surface area (Å²) in [6.45, 7) is 4.65. The molecule has 0 bridgehead atoms. The second-order valence-corrected chi connectivity index (χ2v) is 6.72. The Balaban J connectivity index is 1.70. The van der Waals surface area contributed by atoms with Gasteiger partial charge in [0.25, 0.3) is 0 Å². The molecule has 0 spiro atoms. The number of carbonyl (C=O) groups excluding carboxylic acids is 2. The van der Waals surface area contributed by atoms with E-state index in [4.69, 9.17) is 4.74 Å². The van der Waals surface area contributed by atoms with Crippen molar-refractivity contribution in [3.05, 3.63) is 29.3 Å². The van der Waals surface area contributed by atoms with Gasteiger partial charge in [0, 0.05) is 18.8 Å². The fourth-order valence-electron chi connectivity index (χ4n) is 3.93. The van der Waals surface area contributed by atoms with Crippen LogP contribution in [0.15, 0.2) is 18.2 Å². The van der Waals surface area contributed by atoms with Gasteiger partial charge >= 0.3 is 0 Å². The lowest BCUT2D eigenvalue weighted by molar-refractivity contribution is -0.131. The molecule has 1 aromatic rings. The Labute approximate surface area is 137 Å². The highest BCUT2D eigenvalue weighted by Gasteiger charge is 2.34. The normalized spacial score (nSPS) is 26.7. The Kier molecular flexibility index (Phi) is 4.69. The van der Waals surface area contributed by atoms with E-state index in [1.807, 2.05) is 26.0 Å². The summed E-state index contributed by atoms with van der Waals surface area (Å²) in [6, 6.07) is 6.16. The molecule has 3 unspecified atom stereocenters. The molecule has 0 saturated heterocycles. The van der Waals surface area contributed by atoms with Crippen LogP contribution >= 0.6 is 0 Å². The molecule has 1 fully saturated rings. The Morgan fingerprint density at radius 3 is 2.87 bits per heavy atom. The van der Waals surface area contributed by atoms with Crippen LogP contribution in [0, 0.1) is 11.8 Å². The molecule has 3 rings (SSSR count). The maximum Gasteiger partial charge on any atom is 0.223 e. The minimum Gasteiger partial charge on any atom is -0.494 e. The van der Waals surface area contributed by atoms with Crippen molar-refractivity contribution in [1.82, 2.24) is 5.32 Å². The summed E-state index contributed by atoms with van der Waals surface area (Å²) in [5.74, 6) is 1.44. The molecule has 4 heteroatoms. The average Bonchev–Trinajstić information content (AvgIpc) is 2.91. The number of ether oxygens (including phenoxy) is 1. The first-order chi connectivity index (χ1) is 11.1. The zero-order chi connectivity index (χ0) is 16.4. The summed E-state index contributed by atoms with van der Waals surface area (Å²) in [5, 5.41) is 3.21. The molecule has 0 heterocycles. The summed E-state index contributed by atoms with van der Waals surface area (Å²) in [4.78, 5) is 24.1. The number of benzene rings is 1. The summed E-state index contributed by atoms with van der Waals surface area (Å²) in [6.07, 6.45) is 3.62. The quantitative estimate of drug-likeness (QED) is 0.928. The smallest absolute Gasteiger partial charge is 0.223 e. The number of rotatable bonds is 4. The first kappa shape index (κ1) is 16.0. The van der Waals surface area contributed by atoms with Crippen LogP contribution in [0.2, 0.25) is 0 Å². The zero-order valence-corrected chi connectivity index (χ0v) is 13.9. The van der Waals surface area contributed by atoms with Gasteiger partial charge in [0.2, 0.25) is 5.91 Å². The highest BCUT2D eigenvalue weighted by Crippen LogP contribution is 2.37. The Morgan fingerprint density at radius 1 is 1.30 bits per heavy atom. The lowest BCUT2D eigenvalue weighted by Gasteiger charge is -2.28. The third-order valence-corrected chi connectivity index (χ3v) is 5.15. The first-order valence-corrected chi connectivity index (χ1v) is 8.66. The molecule has 23 heavy (non-hydrogen) atoms. The second kappa shape index (κ2) is 6.73. The third kappa shape index (κ3) is 3.26. The molecule has 3 atom stereocenters. The predicted molar refractivity (Wildman–Crippen MR) is 88.3 cm³/mol. The lowest BCUT2D eigenvalue weighted by Crippen LogP contribution is -2.39. The maximum absolute atomic E-state index is 12.6. The monoisotopic (exact) mass is 315 g/mol. The SMILES string of the molecule is CCOc1cccc2c1CCC2NC(=O)C1CCC(=O)CC1C. The van der Waals surface area contributed by atoms with Gasteiger partial charge in [0.15, 0.2) is 0 Å². The van der Waals surface area contributed by atoms with Gasteiger partial charge in [-0.3, -0.25) is 9.59 Å². The molecule has 1 aromatic carbocycles. The van der Waals surface area contributed by atoms with E-state index in [1.165, 1.54) is 11.1 Å². The Morgan fingerprint density at radius 2 is 2.13 bits per heavy atom. The standard InChI is InChI=1S/C19H25NO3/c1-3-23-18-6-4-5-15-16(18)9-10-17(15)20-19(22)14-8-7-13(21)11-12(14)2/h4-6,12,14,17H,3,7-11H2,1-2H3,(H,20,22). The van der Waals surface area contributed by atoms with E-state index in [2.05, 4.69) is 11.4 Å². The van der Waals surface area contributed by atoms with E-state index in [0.29, 0.717) is 25.9 Å². The third-order valence-electron chi connectivity index (χ3n) is 5.15. The molecule has 1 amide bonds. The van der Waals surface area contributed by atoms with Gasteiger partial charge < -0.3 is 10.1 Å². The van der Waals surface area contributed by atoms with Crippen LogP contribution in [-0.2, 0) is 16.0 Å². The van der Waals surface area contributed by atoms with Crippen molar-refractivity contribution in [3.63, 3.8) is 0 Å². The second-order valence-electron chi connectivity index (χ2n) is 6.72. The molecule has 0 aliphatic heterocycles. The van der Waals surface area contributed by atoms with Crippen molar-refractivity contribution in [1.29, 1.82) is 0 Å². The fraction of sp³-hybridized carbons (Fsp3) is 0.579. The predicted octanol–water partition coefficient (Wildman–Crippen LogP) is 3.19. The zero-order valence-electron chi connectivity index (χ0n) is 13.9. The van der Waals surface area contributed by atoms with Crippen LogP contribution in [0.3, 0.4) is 0 Å². The van der Waals surface area contributed by atoms with Gasteiger partial charge in [0.05, 0.1) is 12.6 Å². The van der Waals surface area contributed by atoms with Gasteiger partial charge in [-0.2, -0.15) is 0 Å². The summed E-state index contributed by atoms with van der Waals surface area (Å²) >= 11 is 0. The number of nitrogens with one attached hydrogen (secondary N) is 1. The number of carbonyl (C=O) groups is 2. The van der Waals surface area contributed by atoms with Crippen molar-refractivity contribution in [2.24, 2.45) is 11.8 Å². The van der Waals surface area contributed by atoms with Gasteiger partial charge in [-0.25, -0.2) is 0 Å². The molecule has 1 saturated carbocycles. The molecule has 0 aromatic heterocycles. The first-order valence-electron chi connectivity index (χ1n) is 8.66. The van der Waals surface area contributed by atoms with Crippen molar-refractivity contribution < 1.29 is 14.3 Å². The Bertz CT molecular complexity index is 611. The molecular formula is C19H25NO3. The van der Waals surface area contributed by atoms with Crippen molar-refractivity contribution >= 4 is 11.7 Å². The van der Waals surface area contributed by atoms with Crippen LogP contribution in [0.1, 0.15) is 56.7 Å². The summed E-state index contributed by atoms with van der Waals surface area (Å²) in [5.41, 5.74) is 2.41. The molecule has 124 valence electrons. The van der Waals surface area contributed by atoms with E-state index >= 15 is 0 Å². The van der Waals surface area contributed by atoms with Gasteiger partial charge in [-0.1, -0.05) is 19.1 Å². The van der Waals surface area contributed by atoms with Gasteiger partial charge in [0.1, 0.15) is 11.5 Å². The van der Waals surface area contributed by atoms with E-state index in [1.54, 1.807) is 0 Å². The van der Waals surface area contributed by atoms with Crippen molar-refractivity contribution in [2.75, 3.05) is 6.61 Å².